The summed E-state index contributed by atoms with van der Waals surface area (Å²) in [4.78, 5) is 12.3. The first-order chi connectivity index (χ1) is 11.5. The van der Waals surface area contributed by atoms with Gasteiger partial charge in [-0.25, -0.2) is 9.18 Å². The zero-order valence-corrected chi connectivity index (χ0v) is 13.9. The molecule has 0 heterocycles. The number of hydrogen-bond donors (Lipinski definition) is 3. The molecule has 2 aromatic rings. The third-order valence-corrected chi connectivity index (χ3v) is 4.09. The Kier molecular flexibility index (Phi) is 6.32. The van der Waals surface area contributed by atoms with Gasteiger partial charge in [0, 0.05) is 12.6 Å². The summed E-state index contributed by atoms with van der Waals surface area (Å²) in [6.07, 6.45) is 0. The first kappa shape index (κ1) is 17.9. The summed E-state index contributed by atoms with van der Waals surface area (Å²) in [6, 6.07) is 14.6. The lowest BCUT2D eigenvalue weighted by atomic mass is 9.98. The van der Waals surface area contributed by atoms with Gasteiger partial charge in [0.05, 0.1) is 6.04 Å². The average Bonchev–Trinajstić information content (AvgIpc) is 2.59. The van der Waals surface area contributed by atoms with Crippen LogP contribution >= 0.6 is 0 Å². The number of halogens is 1. The van der Waals surface area contributed by atoms with Crippen LogP contribution in [0.3, 0.4) is 0 Å². The van der Waals surface area contributed by atoms with Crippen LogP contribution in [0.25, 0.3) is 0 Å². The highest BCUT2D eigenvalue weighted by Gasteiger charge is 2.19. The first-order valence-corrected chi connectivity index (χ1v) is 7.99. The van der Waals surface area contributed by atoms with Crippen molar-refractivity contribution in [3.8, 4) is 0 Å². The van der Waals surface area contributed by atoms with Gasteiger partial charge >= 0.3 is 6.03 Å². The van der Waals surface area contributed by atoms with Crippen molar-refractivity contribution in [2.45, 2.75) is 25.9 Å². The molecule has 0 aliphatic carbocycles. The van der Waals surface area contributed by atoms with Crippen LogP contribution in [0.15, 0.2) is 54.6 Å². The van der Waals surface area contributed by atoms with Crippen molar-refractivity contribution in [3.63, 3.8) is 0 Å². The Hall–Kier alpha value is -2.40. The van der Waals surface area contributed by atoms with E-state index in [4.69, 9.17) is 0 Å². The second-order valence-electron chi connectivity index (χ2n) is 5.97. The van der Waals surface area contributed by atoms with Gasteiger partial charge in [0.25, 0.3) is 0 Å². The molecule has 2 rings (SSSR count). The smallest absolute Gasteiger partial charge is 0.315 e. The van der Waals surface area contributed by atoms with Crippen LogP contribution in [0.1, 0.15) is 31.0 Å². The molecule has 3 N–H and O–H groups in total. The maximum absolute atomic E-state index is 13.6. The molecular weight excluding hydrogens is 307 g/mol. The number of carbonyl (C=O) groups is 1. The maximum Gasteiger partial charge on any atom is 0.315 e. The molecule has 0 radical (unpaired) electrons. The van der Waals surface area contributed by atoms with E-state index in [9.17, 15) is 14.3 Å². The van der Waals surface area contributed by atoms with Gasteiger partial charge in [-0.1, -0.05) is 49.4 Å². The molecule has 128 valence electrons. The topological polar surface area (TPSA) is 61.4 Å². The number of amides is 2. The van der Waals surface area contributed by atoms with Gasteiger partial charge < -0.3 is 15.7 Å². The molecule has 0 bridgehead atoms. The number of rotatable bonds is 6. The van der Waals surface area contributed by atoms with Crippen LogP contribution in [0, 0.1) is 11.7 Å². The minimum atomic E-state index is -0.460. The Bertz CT molecular complexity index is 663. The first-order valence-electron chi connectivity index (χ1n) is 7.99. The van der Waals surface area contributed by atoms with Gasteiger partial charge in [-0.15, -0.1) is 0 Å². The molecule has 0 saturated heterocycles. The zero-order chi connectivity index (χ0) is 17.5. The lowest BCUT2D eigenvalue weighted by molar-refractivity contribution is 0.199. The van der Waals surface area contributed by atoms with Gasteiger partial charge in [-0.2, -0.15) is 0 Å². The highest BCUT2D eigenvalue weighted by Crippen LogP contribution is 2.22. The van der Waals surface area contributed by atoms with Crippen molar-refractivity contribution in [1.82, 2.24) is 10.6 Å². The largest absolute Gasteiger partial charge is 0.396 e. The van der Waals surface area contributed by atoms with Crippen molar-refractivity contribution in [3.05, 3.63) is 71.5 Å². The van der Waals surface area contributed by atoms with Crippen LogP contribution in [0.4, 0.5) is 9.18 Å². The minimum Gasteiger partial charge on any atom is -0.396 e. The fourth-order valence-corrected chi connectivity index (χ4v) is 2.37. The van der Waals surface area contributed by atoms with Gasteiger partial charge in [0.2, 0.25) is 0 Å². The van der Waals surface area contributed by atoms with Crippen LogP contribution in [-0.4, -0.2) is 23.8 Å². The molecule has 3 unspecified atom stereocenters. The fraction of sp³-hybridized carbons (Fsp3) is 0.316. The Morgan fingerprint density at radius 2 is 1.71 bits per heavy atom. The van der Waals surface area contributed by atoms with E-state index in [0.717, 1.165) is 5.56 Å². The second kappa shape index (κ2) is 8.45. The number of benzene rings is 2. The van der Waals surface area contributed by atoms with E-state index in [2.05, 4.69) is 10.6 Å². The van der Waals surface area contributed by atoms with Crippen LogP contribution in [-0.2, 0) is 0 Å². The third kappa shape index (κ3) is 4.80. The van der Waals surface area contributed by atoms with Crippen molar-refractivity contribution in [1.29, 1.82) is 0 Å². The Balaban J connectivity index is 2.20. The maximum atomic E-state index is 13.6. The van der Waals surface area contributed by atoms with Crippen molar-refractivity contribution in [2.75, 3.05) is 6.61 Å². The van der Waals surface area contributed by atoms with E-state index < -0.39 is 6.04 Å². The quantitative estimate of drug-likeness (QED) is 0.761. The Labute approximate surface area is 141 Å². The average molecular weight is 330 g/mol. The van der Waals surface area contributed by atoms with E-state index in [1.165, 1.54) is 12.1 Å². The molecule has 0 spiro atoms. The molecule has 2 aromatic carbocycles. The lowest BCUT2D eigenvalue weighted by Crippen LogP contribution is -2.45. The van der Waals surface area contributed by atoms with Crippen LogP contribution < -0.4 is 10.6 Å². The summed E-state index contributed by atoms with van der Waals surface area (Å²) < 4.78 is 13.6. The molecule has 0 aromatic heterocycles. The van der Waals surface area contributed by atoms with E-state index in [1.807, 2.05) is 44.2 Å². The molecule has 24 heavy (non-hydrogen) atoms. The van der Waals surface area contributed by atoms with E-state index >= 15 is 0 Å². The Morgan fingerprint density at radius 3 is 2.33 bits per heavy atom. The van der Waals surface area contributed by atoms with E-state index in [-0.39, 0.29) is 30.4 Å². The van der Waals surface area contributed by atoms with Gasteiger partial charge in [0.1, 0.15) is 5.82 Å². The molecule has 5 heteroatoms. The van der Waals surface area contributed by atoms with Crippen molar-refractivity contribution < 1.29 is 14.3 Å². The van der Waals surface area contributed by atoms with Gasteiger partial charge in [-0.3, -0.25) is 0 Å². The normalized spacial score (nSPS) is 14.5. The molecule has 4 nitrogen and oxygen atoms in total. The minimum absolute atomic E-state index is 0.00649. The summed E-state index contributed by atoms with van der Waals surface area (Å²) in [5, 5.41) is 14.9. The highest BCUT2D eigenvalue weighted by atomic mass is 19.1. The molecule has 0 fully saturated rings. The number of nitrogens with one attached hydrogen (secondary N) is 2. The highest BCUT2D eigenvalue weighted by molar-refractivity contribution is 5.75. The summed E-state index contributed by atoms with van der Waals surface area (Å²) in [6.45, 7) is 3.68. The second-order valence-corrected chi connectivity index (χ2v) is 5.97. The number of urea groups is 1. The monoisotopic (exact) mass is 330 g/mol. The van der Waals surface area contributed by atoms with Crippen molar-refractivity contribution in [2.24, 2.45) is 5.92 Å². The number of aliphatic hydroxyl groups excluding tert-OH is 1. The predicted octanol–water partition coefficient (Wildman–Crippen LogP) is 3.23. The fourth-order valence-electron chi connectivity index (χ4n) is 2.37. The van der Waals surface area contributed by atoms with Crippen LogP contribution in [0.2, 0.25) is 0 Å². The molecular formula is C19H23FN2O2. The number of hydrogen-bond acceptors (Lipinski definition) is 2. The molecule has 0 saturated carbocycles. The molecule has 0 aliphatic heterocycles. The molecule has 3 atom stereocenters. The summed E-state index contributed by atoms with van der Waals surface area (Å²) >= 11 is 0. The molecule has 0 aliphatic rings. The van der Waals surface area contributed by atoms with E-state index in [1.54, 1.807) is 12.1 Å². The zero-order valence-electron chi connectivity index (χ0n) is 13.9. The number of carbonyl (C=O) groups excluding carboxylic acids is 1. The van der Waals surface area contributed by atoms with Crippen LogP contribution in [0.5, 0.6) is 0 Å². The van der Waals surface area contributed by atoms with Gasteiger partial charge in [0.15, 0.2) is 0 Å². The third-order valence-electron chi connectivity index (χ3n) is 4.09. The van der Waals surface area contributed by atoms with Crippen molar-refractivity contribution >= 4 is 6.03 Å². The summed E-state index contributed by atoms with van der Waals surface area (Å²) in [5.41, 5.74) is 1.53. The van der Waals surface area contributed by atoms with E-state index in [0.29, 0.717) is 5.56 Å². The summed E-state index contributed by atoms with van der Waals surface area (Å²) in [7, 11) is 0. The van der Waals surface area contributed by atoms with Gasteiger partial charge in [-0.05, 0) is 36.1 Å². The summed E-state index contributed by atoms with van der Waals surface area (Å²) in [5.74, 6) is -0.405. The standard InChI is InChI=1S/C19H23FN2O2/c1-13(12-23)14(2)21-19(24)22-18(15-7-4-3-5-8-15)16-9-6-10-17(20)11-16/h3-11,13-14,18,23H,12H2,1-2H3,(H2,21,22,24). The Morgan fingerprint density at radius 1 is 1.04 bits per heavy atom. The predicted molar refractivity (Wildman–Crippen MR) is 92.1 cm³/mol. The molecule has 2 amide bonds. The SMILES string of the molecule is CC(CO)C(C)NC(=O)NC(c1ccccc1)c1cccc(F)c1. The lowest BCUT2D eigenvalue weighted by Gasteiger charge is -2.24. The number of aliphatic hydroxyl groups is 1.